The fraction of sp³-hybridized carbons (Fsp3) is 0.412. The van der Waals surface area contributed by atoms with Gasteiger partial charge in [-0.1, -0.05) is 28.1 Å². The van der Waals surface area contributed by atoms with Gasteiger partial charge in [-0.3, -0.25) is 4.68 Å². The van der Waals surface area contributed by atoms with Gasteiger partial charge in [0.25, 0.3) is 0 Å². The molecule has 1 aliphatic rings. The van der Waals surface area contributed by atoms with Crippen LogP contribution in [-0.2, 0) is 13.6 Å². The van der Waals surface area contributed by atoms with Gasteiger partial charge in [0.2, 0.25) is 0 Å². The highest BCUT2D eigenvalue weighted by atomic mass is 127. The molecule has 1 aromatic carbocycles. The summed E-state index contributed by atoms with van der Waals surface area (Å²) >= 11 is 3.48. The lowest BCUT2D eigenvalue weighted by atomic mass is 10.1. The lowest BCUT2D eigenvalue weighted by Crippen LogP contribution is -2.39. The van der Waals surface area contributed by atoms with E-state index in [-0.39, 0.29) is 24.0 Å². The summed E-state index contributed by atoms with van der Waals surface area (Å²) in [6.45, 7) is 3.56. The summed E-state index contributed by atoms with van der Waals surface area (Å²) in [5.74, 6) is 1.45. The van der Waals surface area contributed by atoms with Gasteiger partial charge in [-0.2, -0.15) is 5.10 Å². The van der Waals surface area contributed by atoms with Gasteiger partial charge in [-0.05, 0) is 37.1 Å². The van der Waals surface area contributed by atoms with Gasteiger partial charge in [0.15, 0.2) is 5.96 Å². The van der Waals surface area contributed by atoms with E-state index in [0.29, 0.717) is 18.5 Å². The number of guanidine groups is 1. The summed E-state index contributed by atoms with van der Waals surface area (Å²) in [5, 5.41) is 11.0. The molecule has 2 atom stereocenters. The highest BCUT2D eigenvalue weighted by Crippen LogP contribution is 2.40. The van der Waals surface area contributed by atoms with E-state index in [1.54, 1.807) is 6.20 Å². The van der Waals surface area contributed by atoms with Crippen molar-refractivity contribution in [2.75, 3.05) is 6.54 Å². The topological polar surface area (TPSA) is 54.2 Å². The molecule has 1 heterocycles. The average Bonchev–Trinajstić information content (AvgIpc) is 3.18. The van der Waals surface area contributed by atoms with Gasteiger partial charge >= 0.3 is 0 Å². The van der Waals surface area contributed by atoms with Crippen molar-refractivity contribution in [3.8, 4) is 0 Å². The van der Waals surface area contributed by atoms with Crippen LogP contribution in [0.25, 0.3) is 0 Å². The number of nitrogens with one attached hydrogen (secondary N) is 2. The molecule has 1 aromatic heterocycles. The molecular formula is C17H23BrIN5. The molecule has 0 radical (unpaired) electrons. The first-order chi connectivity index (χ1) is 11.2. The van der Waals surface area contributed by atoms with E-state index >= 15 is 0 Å². The minimum Gasteiger partial charge on any atom is -0.357 e. The largest absolute Gasteiger partial charge is 0.357 e. The minimum absolute atomic E-state index is 0. The number of halogens is 2. The van der Waals surface area contributed by atoms with Gasteiger partial charge in [0.1, 0.15) is 0 Å². The maximum absolute atomic E-state index is 4.67. The predicted molar refractivity (Wildman–Crippen MR) is 112 cm³/mol. The second-order valence-electron chi connectivity index (χ2n) is 5.79. The van der Waals surface area contributed by atoms with E-state index in [9.17, 15) is 0 Å². The van der Waals surface area contributed by atoms with Crippen molar-refractivity contribution < 1.29 is 0 Å². The van der Waals surface area contributed by atoms with Crippen LogP contribution < -0.4 is 10.6 Å². The standard InChI is InChI=1S/C17H22BrN5.HI/c1-3-19-17(20-11-14-8-9-21-23(14)2)22-16-10-15(16)12-4-6-13(18)7-5-12;/h4-9,15-16H,3,10-11H2,1-2H3,(H2,19,20,22);1H. The molecule has 1 aliphatic carbocycles. The Bertz CT molecular complexity index is 683. The Balaban J connectivity index is 0.00000208. The molecule has 7 heteroatoms. The molecule has 1 fully saturated rings. The molecule has 2 aromatic rings. The molecule has 2 unspecified atom stereocenters. The van der Waals surface area contributed by atoms with Crippen molar-refractivity contribution in [2.24, 2.45) is 12.0 Å². The zero-order valence-corrected chi connectivity index (χ0v) is 17.8. The zero-order valence-electron chi connectivity index (χ0n) is 13.9. The van der Waals surface area contributed by atoms with Crippen LogP contribution >= 0.6 is 39.9 Å². The highest BCUT2D eigenvalue weighted by molar-refractivity contribution is 14.0. The third-order valence-corrected chi connectivity index (χ3v) is 4.61. The van der Waals surface area contributed by atoms with E-state index in [4.69, 9.17) is 0 Å². The first-order valence-electron chi connectivity index (χ1n) is 7.94. The fourth-order valence-electron chi connectivity index (χ4n) is 2.65. The Labute approximate surface area is 168 Å². The quantitative estimate of drug-likeness (QED) is 0.373. The summed E-state index contributed by atoms with van der Waals surface area (Å²) in [5.41, 5.74) is 2.48. The SMILES string of the molecule is CCNC(=NCc1ccnn1C)NC1CC1c1ccc(Br)cc1.I. The molecule has 130 valence electrons. The van der Waals surface area contributed by atoms with Crippen LogP contribution in [0.2, 0.25) is 0 Å². The van der Waals surface area contributed by atoms with Gasteiger partial charge < -0.3 is 10.6 Å². The Kier molecular flexibility index (Phi) is 7.09. The number of benzene rings is 1. The summed E-state index contributed by atoms with van der Waals surface area (Å²) in [7, 11) is 1.94. The van der Waals surface area contributed by atoms with Crippen LogP contribution in [0, 0.1) is 0 Å². The number of hydrogen-bond acceptors (Lipinski definition) is 2. The van der Waals surface area contributed by atoms with Gasteiger partial charge in [-0.25, -0.2) is 4.99 Å². The molecule has 0 spiro atoms. The number of aryl methyl sites for hydroxylation is 1. The van der Waals surface area contributed by atoms with Gasteiger partial charge in [-0.15, -0.1) is 24.0 Å². The van der Waals surface area contributed by atoms with Crippen molar-refractivity contribution in [2.45, 2.75) is 31.8 Å². The van der Waals surface area contributed by atoms with Crippen molar-refractivity contribution in [1.82, 2.24) is 20.4 Å². The monoisotopic (exact) mass is 503 g/mol. The third kappa shape index (κ3) is 4.95. The van der Waals surface area contributed by atoms with Crippen LogP contribution in [0.15, 0.2) is 46.0 Å². The van der Waals surface area contributed by atoms with Crippen molar-refractivity contribution in [3.05, 3.63) is 52.3 Å². The Morgan fingerprint density at radius 2 is 2.08 bits per heavy atom. The molecule has 0 amide bonds. The first kappa shape index (κ1) is 19.2. The normalized spacial score (nSPS) is 19.5. The summed E-state index contributed by atoms with van der Waals surface area (Å²) in [6, 6.07) is 11.0. The minimum atomic E-state index is 0. The van der Waals surface area contributed by atoms with Crippen molar-refractivity contribution in [3.63, 3.8) is 0 Å². The Morgan fingerprint density at radius 1 is 1.33 bits per heavy atom. The van der Waals surface area contributed by atoms with E-state index in [2.05, 4.69) is 67.8 Å². The maximum Gasteiger partial charge on any atom is 0.191 e. The molecule has 5 nitrogen and oxygen atoms in total. The summed E-state index contributed by atoms with van der Waals surface area (Å²) in [6.07, 6.45) is 2.95. The van der Waals surface area contributed by atoms with Crippen LogP contribution in [0.4, 0.5) is 0 Å². The van der Waals surface area contributed by atoms with Crippen LogP contribution in [0.1, 0.15) is 30.5 Å². The lowest BCUT2D eigenvalue weighted by molar-refractivity contribution is 0.706. The Morgan fingerprint density at radius 3 is 2.71 bits per heavy atom. The van der Waals surface area contributed by atoms with Crippen molar-refractivity contribution >= 4 is 45.9 Å². The average molecular weight is 504 g/mol. The summed E-state index contributed by atoms with van der Waals surface area (Å²) in [4.78, 5) is 4.67. The summed E-state index contributed by atoms with van der Waals surface area (Å²) < 4.78 is 2.98. The number of aliphatic imine (C=N–C) groups is 1. The molecule has 3 rings (SSSR count). The molecule has 0 saturated heterocycles. The first-order valence-corrected chi connectivity index (χ1v) is 8.74. The second kappa shape index (κ2) is 8.84. The maximum atomic E-state index is 4.67. The number of aromatic nitrogens is 2. The van der Waals surface area contributed by atoms with E-state index < -0.39 is 0 Å². The van der Waals surface area contributed by atoms with E-state index in [1.807, 2.05) is 17.8 Å². The fourth-order valence-corrected chi connectivity index (χ4v) is 2.91. The van der Waals surface area contributed by atoms with Crippen LogP contribution in [0.3, 0.4) is 0 Å². The van der Waals surface area contributed by atoms with E-state index in [0.717, 1.165) is 29.1 Å². The molecule has 24 heavy (non-hydrogen) atoms. The van der Waals surface area contributed by atoms with Crippen molar-refractivity contribution in [1.29, 1.82) is 0 Å². The van der Waals surface area contributed by atoms with Crippen LogP contribution in [0.5, 0.6) is 0 Å². The van der Waals surface area contributed by atoms with Gasteiger partial charge in [0, 0.05) is 36.2 Å². The molecule has 2 N–H and O–H groups in total. The zero-order chi connectivity index (χ0) is 16.2. The second-order valence-corrected chi connectivity index (χ2v) is 6.70. The molecule has 0 aliphatic heterocycles. The Hall–Kier alpha value is -1.09. The highest BCUT2D eigenvalue weighted by Gasteiger charge is 2.38. The number of rotatable bonds is 5. The van der Waals surface area contributed by atoms with Crippen LogP contribution in [-0.4, -0.2) is 28.3 Å². The number of hydrogen-bond donors (Lipinski definition) is 2. The molecular weight excluding hydrogens is 481 g/mol. The third-order valence-electron chi connectivity index (χ3n) is 4.08. The van der Waals surface area contributed by atoms with Gasteiger partial charge in [0.05, 0.1) is 12.2 Å². The molecule has 0 bridgehead atoms. The smallest absolute Gasteiger partial charge is 0.191 e. The molecule has 1 saturated carbocycles. The number of nitrogens with zero attached hydrogens (tertiary/aromatic N) is 3. The van der Waals surface area contributed by atoms with E-state index in [1.165, 1.54) is 5.56 Å². The lowest BCUT2D eigenvalue weighted by Gasteiger charge is -2.11. The predicted octanol–water partition coefficient (Wildman–Crippen LogP) is 3.41.